The molecule has 0 spiro atoms. The average molecular weight is 310 g/mol. The van der Waals surface area contributed by atoms with Crippen molar-refractivity contribution < 1.29 is 9.90 Å². The predicted molar refractivity (Wildman–Crippen MR) is 80.4 cm³/mol. The lowest BCUT2D eigenvalue weighted by Crippen LogP contribution is -2.21. The molecule has 0 saturated heterocycles. The number of hydrogen-bond acceptors (Lipinski definition) is 5. The van der Waals surface area contributed by atoms with E-state index >= 15 is 0 Å². The van der Waals surface area contributed by atoms with Gasteiger partial charge in [0.15, 0.2) is 0 Å². The largest absolute Gasteiger partial charge is 0.480 e. The minimum absolute atomic E-state index is 0.472. The molecule has 2 aliphatic rings. The van der Waals surface area contributed by atoms with Crippen LogP contribution in [0.25, 0.3) is 0 Å². The lowest BCUT2D eigenvalue weighted by molar-refractivity contribution is -0.136. The van der Waals surface area contributed by atoms with Crippen LogP contribution in [0.15, 0.2) is 16.4 Å². The zero-order valence-corrected chi connectivity index (χ0v) is 13.2. The summed E-state index contributed by atoms with van der Waals surface area (Å²) in [6.45, 7) is 4.03. The van der Waals surface area contributed by atoms with Crippen LogP contribution in [0.5, 0.6) is 0 Å². The van der Waals surface area contributed by atoms with Gasteiger partial charge in [0.25, 0.3) is 0 Å². The first-order valence-corrected chi connectivity index (χ1v) is 8.73. The van der Waals surface area contributed by atoms with Crippen molar-refractivity contribution >= 4 is 29.5 Å². The third-order valence-electron chi connectivity index (χ3n) is 4.13. The molecule has 4 unspecified atom stereocenters. The molecule has 1 saturated carbocycles. The van der Waals surface area contributed by atoms with Gasteiger partial charge in [-0.2, -0.15) is 0 Å². The van der Waals surface area contributed by atoms with E-state index in [1.165, 1.54) is 36.6 Å². The van der Waals surface area contributed by atoms with Gasteiger partial charge in [0.2, 0.25) is 0 Å². The van der Waals surface area contributed by atoms with Gasteiger partial charge in [-0.05, 0) is 25.7 Å². The summed E-state index contributed by atoms with van der Waals surface area (Å²) in [7, 11) is 0. The van der Waals surface area contributed by atoms with E-state index in [1.54, 1.807) is 13.3 Å². The first-order valence-electron chi connectivity index (χ1n) is 6.97. The van der Waals surface area contributed by atoms with Crippen molar-refractivity contribution in [3.05, 3.63) is 11.9 Å². The van der Waals surface area contributed by atoms with Crippen molar-refractivity contribution in [3.8, 4) is 0 Å². The van der Waals surface area contributed by atoms with E-state index in [4.69, 9.17) is 5.11 Å². The zero-order chi connectivity index (χ0) is 14.3. The molecular weight excluding hydrogens is 292 g/mol. The summed E-state index contributed by atoms with van der Waals surface area (Å²) in [4.78, 5) is 19.8. The Morgan fingerprint density at radius 1 is 1.50 bits per heavy atom. The summed E-state index contributed by atoms with van der Waals surface area (Å²) in [5.74, 6) is 0.498. The Morgan fingerprint density at radius 2 is 2.30 bits per heavy atom. The zero-order valence-electron chi connectivity index (χ0n) is 11.6. The van der Waals surface area contributed by atoms with E-state index in [1.807, 2.05) is 11.8 Å². The summed E-state index contributed by atoms with van der Waals surface area (Å²) in [6.07, 6.45) is 5.22. The van der Waals surface area contributed by atoms with Crippen LogP contribution >= 0.6 is 23.5 Å². The fourth-order valence-corrected chi connectivity index (χ4v) is 5.63. The first-order chi connectivity index (χ1) is 9.56. The normalized spacial score (nSPS) is 29.6. The lowest BCUT2D eigenvalue weighted by atomic mass is 9.80. The maximum atomic E-state index is 11.1. The van der Waals surface area contributed by atoms with Crippen LogP contribution in [0.1, 0.15) is 44.6 Å². The third-order valence-corrected chi connectivity index (χ3v) is 6.61. The minimum Gasteiger partial charge on any atom is -0.480 e. The van der Waals surface area contributed by atoms with Gasteiger partial charge in [-0.3, -0.25) is 4.79 Å². The molecule has 1 aromatic heterocycles. The number of aliphatic carboxylic acids is 1. The second-order valence-electron chi connectivity index (χ2n) is 5.68. The van der Waals surface area contributed by atoms with E-state index in [2.05, 4.69) is 16.9 Å². The quantitative estimate of drug-likeness (QED) is 0.682. The minimum atomic E-state index is -0.790. The third kappa shape index (κ3) is 2.55. The van der Waals surface area contributed by atoms with Gasteiger partial charge in [-0.1, -0.05) is 25.1 Å². The van der Waals surface area contributed by atoms with E-state index < -0.39 is 11.2 Å². The number of hydrogen-bond donors (Lipinski definition) is 1. The topological polar surface area (TPSA) is 63.1 Å². The first kappa shape index (κ1) is 14.2. The molecule has 4 nitrogen and oxygen atoms in total. The van der Waals surface area contributed by atoms with Gasteiger partial charge in [-0.25, -0.2) is 9.97 Å². The highest BCUT2D eigenvalue weighted by molar-refractivity contribution is 8.01. The monoisotopic (exact) mass is 310 g/mol. The maximum Gasteiger partial charge on any atom is 0.316 e. The molecule has 1 aromatic rings. The Kier molecular flexibility index (Phi) is 3.95. The molecular formula is C14H18N2O2S2. The van der Waals surface area contributed by atoms with E-state index in [9.17, 15) is 4.79 Å². The summed E-state index contributed by atoms with van der Waals surface area (Å²) < 4.78 is 0. The Labute approximate surface area is 127 Å². The molecule has 1 aliphatic heterocycles. The fraction of sp³-hybridized carbons (Fsp3) is 0.643. The van der Waals surface area contributed by atoms with Gasteiger partial charge in [0, 0.05) is 16.7 Å². The number of carboxylic acids is 1. The second kappa shape index (κ2) is 5.56. The molecule has 0 radical (unpaired) electrons. The summed E-state index contributed by atoms with van der Waals surface area (Å²) in [6, 6.07) is 0. The van der Waals surface area contributed by atoms with Gasteiger partial charge in [0.05, 0.1) is 0 Å². The van der Waals surface area contributed by atoms with Crippen molar-refractivity contribution in [2.45, 2.75) is 59.6 Å². The number of fused-ring (bicyclic) bond motifs is 3. The average Bonchev–Trinajstić information content (AvgIpc) is 2.76. The van der Waals surface area contributed by atoms with Gasteiger partial charge >= 0.3 is 5.97 Å². The van der Waals surface area contributed by atoms with Crippen LogP contribution in [0.4, 0.5) is 0 Å². The molecule has 2 heterocycles. The Morgan fingerprint density at radius 3 is 3.05 bits per heavy atom. The fourth-order valence-electron chi connectivity index (χ4n) is 3.02. The highest BCUT2D eigenvalue weighted by Crippen LogP contribution is 2.54. The molecule has 0 aromatic carbocycles. The molecule has 1 N–H and O–H groups in total. The van der Waals surface area contributed by atoms with Crippen molar-refractivity contribution in [2.24, 2.45) is 5.92 Å². The van der Waals surface area contributed by atoms with Gasteiger partial charge < -0.3 is 5.11 Å². The summed E-state index contributed by atoms with van der Waals surface area (Å²) >= 11 is 3.21. The van der Waals surface area contributed by atoms with Gasteiger partial charge in [-0.15, -0.1) is 11.8 Å². The van der Waals surface area contributed by atoms with Crippen LogP contribution in [0, 0.1) is 5.92 Å². The molecule has 4 atom stereocenters. The van der Waals surface area contributed by atoms with Crippen molar-refractivity contribution in [1.29, 1.82) is 0 Å². The standard InChI is InChI=1S/C14H18N2O2S2/c1-7-3-4-9-10(5-7)20-13-11(9)12(15-6-16-13)19-8(2)14(17)18/h6-10H,3-5H2,1-2H3,(H,17,18). The number of aromatic nitrogens is 2. The van der Waals surface area contributed by atoms with Crippen LogP contribution in [0.2, 0.25) is 0 Å². The van der Waals surface area contributed by atoms with Crippen molar-refractivity contribution in [2.75, 3.05) is 0 Å². The van der Waals surface area contributed by atoms with Crippen LogP contribution in [-0.2, 0) is 4.79 Å². The van der Waals surface area contributed by atoms with Crippen molar-refractivity contribution in [1.82, 2.24) is 9.97 Å². The summed E-state index contributed by atoms with van der Waals surface area (Å²) in [5.41, 5.74) is 1.22. The SMILES string of the molecule is CC1CCC2c3c(SC(C)C(=O)O)ncnc3SC2C1. The molecule has 20 heavy (non-hydrogen) atoms. The summed E-state index contributed by atoms with van der Waals surface area (Å²) in [5, 5.41) is 11.2. The number of thioether (sulfide) groups is 2. The number of rotatable bonds is 3. The Hall–Kier alpha value is -0.750. The second-order valence-corrected chi connectivity index (χ2v) is 8.23. The van der Waals surface area contributed by atoms with Crippen LogP contribution in [-0.4, -0.2) is 31.5 Å². The molecule has 6 heteroatoms. The van der Waals surface area contributed by atoms with Crippen LogP contribution < -0.4 is 0 Å². The molecule has 3 rings (SSSR count). The molecule has 1 aliphatic carbocycles. The Balaban J connectivity index is 1.89. The van der Waals surface area contributed by atoms with Crippen molar-refractivity contribution in [3.63, 3.8) is 0 Å². The molecule has 0 bridgehead atoms. The highest BCUT2D eigenvalue weighted by Gasteiger charge is 2.40. The number of carboxylic acid groups (broad SMARTS) is 1. The van der Waals surface area contributed by atoms with Gasteiger partial charge in [0.1, 0.15) is 21.6 Å². The predicted octanol–water partition coefficient (Wildman–Crippen LogP) is 3.42. The lowest BCUT2D eigenvalue weighted by Gasteiger charge is -2.29. The number of carbonyl (C=O) groups is 1. The highest BCUT2D eigenvalue weighted by atomic mass is 32.2. The number of nitrogens with zero attached hydrogens (tertiary/aromatic N) is 2. The van der Waals surface area contributed by atoms with E-state index in [-0.39, 0.29) is 0 Å². The van der Waals surface area contributed by atoms with E-state index in [0.29, 0.717) is 11.2 Å². The maximum absolute atomic E-state index is 11.1. The smallest absolute Gasteiger partial charge is 0.316 e. The molecule has 0 amide bonds. The molecule has 108 valence electrons. The van der Waals surface area contributed by atoms with E-state index in [0.717, 1.165) is 16.0 Å². The molecule has 1 fully saturated rings. The Bertz CT molecular complexity index is 538. The van der Waals surface area contributed by atoms with Crippen LogP contribution in [0.3, 0.4) is 0 Å².